The van der Waals surface area contributed by atoms with Crippen molar-refractivity contribution in [3.63, 3.8) is 0 Å². The van der Waals surface area contributed by atoms with Crippen molar-refractivity contribution in [2.75, 3.05) is 52.4 Å². The van der Waals surface area contributed by atoms with E-state index in [1.165, 1.54) is 69.7 Å². The average Bonchev–Trinajstić information content (AvgIpc) is 2.81. The van der Waals surface area contributed by atoms with Crippen LogP contribution in [0.2, 0.25) is 0 Å². The first kappa shape index (κ1) is 15.1. The normalized spacial score (nSPS) is 37.9. The minimum Gasteiger partial charge on any atom is -0.418 e. The van der Waals surface area contributed by atoms with Gasteiger partial charge in [-0.1, -0.05) is 0 Å². The fourth-order valence-electron chi connectivity index (χ4n) is 3.39. The number of hydrogen-bond acceptors (Lipinski definition) is 2. The van der Waals surface area contributed by atoms with E-state index in [4.69, 9.17) is 0 Å². The largest absolute Gasteiger partial charge is 0.673 e. The maximum atomic E-state index is 9.75. The first-order valence-corrected chi connectivity index (χ1v) is 7.05. The Morgan fingerprint density at radius 3 is 2.00 bits per heavy atom. The molecule has 0 radical (unpaired) electrons. The monoisotopic (exact) mass is 283 g/mol. The van der Waals surface area contributed by atoms with Crippen LogP contribution in [0.3, 0.4) is 0 Å². The molecule has 112 valence electrons. The minimum atomic E-state index is -6.00. The number of hydrogen-bond donors (Lipinski definition) is 1. The SMILES string of the molecule is C1CN[C@H](C[N+]23CCN(CC2)CC3)C1.F[B-](F)(F)F. The number of halogens is 4. The van der Waals surface area contributed by atoms with Gasteiger partial charge in [0, 0.05) is 19.6 Å². The summed E-state index contributed by atoms with van der Waals surface area (Å²) in [7, 11) is -6.00. The summed E-state index contributed by atoms with van der Waals surface area (Å²) in [6, 6.07) is 0.833. The van der Waals surface area contributed by atoms with Crippen LogP contribution in [-0.2, 0) is 0 Å². The maximum absolute atomic E-state index is 9.75. The van der Waals surface area contributed by atoms with Crippen LogP contribution in [0.4, 0.5) is 17.3 Å². The van der Waals surface area contributed by atoms with E-state index in [1.54, 1.807) is 0 Å². The molecule has 4 fully saturated rings. The highest BCUT2D eigenvalue weighted by Crippen LogP contribution is 2.21. The van der Waals surface area contributed by atoms with Crippen LogP contribution in [0.25, 0.3) is 0 Å². The van der Waals surface area contributed by atoms with Gasteiger partial charge in [0.05, 0.1) is 32.2 Å². The molecule has 0 saturated carbocycles. The van der Waals surface area contributed by atoms with Gasteiger partial charge in [-0.3, -0.25) is 4.90 Å². The van der Waals surface area contributed by atoms with Gasteiger partial charge in [-0.05, 0) is 19.4 Å². The number of fused-ring (bicyclic) bond motifs is 3. The van der Waals surface area contributed by atoms with Crippen LogP contribution in [0.1, 0.15) is 12.8 Å². The molecule has 4 aliphatic heterocycles. The molecular formula is C11H22BF4N3. The molecule has 4 heterocycles. The van der Waals surface area contributed by atoms with Crippen molar-refractivity contribution in [1.82, 2.24) is 10.2 Å². The van der Waals surface area contributed by atoms with Gasteiger partial charge in [-0.25, -0.2) is 0 Å². The van der Waals surface area contributed by atoms with Crippen molar-refractivity contribution in [3.05, 3.63) is 0 Å². The second kappa shape index (κ2) is 5.97. The van der Waals surface area contributed by atoms with Crippen LogP contribution in [0.5, 0.6) is 0 Å². The Kier molecular flexibility index (Phi) is 4.73. The zero-order valence-corrected chi connectivity index (χ0v) is 11.1. The predicted molar refractivity (Wildman–Crippen MR) is 67.4 cm³/mol. The lowest BCUT2D eigenvalue weighted by Gasteiger charge is -2.51. The highest BCUT2D eigenvalue weighted by atomic mass is 19.5. The van der Waals surface area contributed by atoms with E-state index < -0.39 is 7.25 Å². The standard InChI is InChI=1S/C11H22N3.BF4/c1-2-11(12-3-1)10-14-7-4-13(5-8-14)6-9-14;2-1(3,4)5/h11-12H,1-10H2;/q+1;-1/t11-;/m0./s1. The van der Waals surface area contributed by atoms with E-state index in [0.717, 1.165) is 6.04 Å². The summed E-state index contributed by atoms with van der Waals surface area (Å²) < 4.78 is 40.4. The van der Waals surface area contributed by atoms with Crippen molar-refractivity contribution in [2.24, 2.45) is 0 Å². The first-order valence-electron chi connectivity index (χ1n) is 7.05. The lowest BCUT2D eigenvalue weighted by Crippen LogP contribution is -2.69. The predicted octanol–water partition coefficient (Wildman–Crippen LogP) is 1.18. The summed E-state index contributed by atoms with van der Waals surface area (Å²) in [6.07, 6.45) is 2.82. The van der Waals surface area contributed by atoms with Crippen LogP contribution in [0, 0.1) is 0 Å². The second-order valence-corrected chi connectivity index (χ2v) is 5.82. The van der Waals surface area contributed by atoms with Gasteiger partial charge in [0.15, 0.2) is 0 Å². The van der Waals surface area contributed by atoms with Crippen molar-refractivity contribution in [3.8, 4) is 0 Å². The lowest BCUT2D eigenvalue weighted by molar-refractivity contribution is -0.941. The molecule has 4 saturated heterocycles. The summed E-state index contributed by atoms with van der Waals surface area (Å²) in [5, 5.41) is 3.65. The van der Waals surface area contributed by atoms with Crippen LogP contribution in [0.15, 0.2) is 0 Å². The Bertz CT molecular complexity index is 266. The van der Waals surface area contributed by atoms with Crippen molar-refractivity contribution >= 4 is 7.25 Å². The number of rotatable bonds is 2. The maximum Gasteiger partial charge on any atom is 0.673 e. The Morgan fingerprint density at radius 1 is 1.05 bits per heavy atom. The van der Waals surface area contributed by atoms with E-state index in [2.05, 4.69) is 10.2 Å². The molecular weight excluding hydrogens is 261 g/mol. The van der Waals surface area contributed by atoms with Crippen molar-refractivity contribution in [1.29, 1.82) is 0 Å². The summed E-state index contributed by atoms with van der Waals surface area (Å²) in [5.41, 5.74) is 0. The zero-order valence-electron chi connectivity index (χ0n) is 11.1. The van der Waals surface area contributed by atoms with Gasteiger partial charge in [0.25, 0.3) is 0 Å². The average molecular weight is 283 g/mol. The van der Waals surface area contributed by atoms with Crippen LogP contribution < -0.4 is 5.32 Å². The highest BCUT2D eigenvalue weighted by Gasteiger charge is 2.40. The van der Waals surface area contributed by atoms with E-state index in [0.29, 0.717) is 0 Å². The second-order valence-electron chi connectivity index (χ2n) is 5.82. The molecule has 19 heavy (non-hydrogen) atoms. The summed E-state index contributed by atoms with van der Waals surface area (Å²) >= 11 is 0. The molecule has 3 nitrogen and oxygen atoms in total. The quantitative estimate of drug-likeness (QED) is 0.465. The smallest absolute Gasteiger partial charge is 0.418 e. The highest BCUT2D eigenvalue weighted by molar-refractivity contribution is 6.50. The molecule has 1 atom stereocenters. The molecule has 1 N–H and O–H groups in total. The first-order chi connectivity index (χ1) is 8.86. The van der Waals surface area contributed by atoms with Crippen molar-refractivity contribution in [2.45, 2.75) is 18.9 Å². The van der Waals surface area contributed by atoms with Gasteiger partial charge in [0.1, 0.15) is 0 Å². The minimum absolute atomic E-state index is 0.833. The molecule has 0 aliphatic carbocycles. The van der Waals surface area contributed by atoms with E-state index in [-0.39, 0.29) is 0 Å². The van der Waals surface area contributed by atoms with E-state index in [1.807, 2.05) is 0 Å². The summed E-state index contributed by atoms with van der Waals surface area (Å²) in [5.74, 6) is 0. The van der Waals surface area contributed by atoms with Gasteiger partial charge in [0.2, 0.25) is 0 Å². The fourth-order valence-corrected chi connectivity index (χ4v) is 3.39. The molecule has 2 bridgehead atoms. The molecule has 0 amide bonds. The van der Waals surface area contributed by atoms with Crippen LogP contribution >= 0.6 is 0 Å². The van der Waals surface area contributed by atoms with Gasteiger partial charge in [-0.2, -0.15) is 0 Å². The van der Waals surface area contributed by atoms with E-state index >= 15 is 0 Å². The Morgan fingerprint density at radius 2 is 1.58 bits per heavy atom. The molecule has 0 aromatic heterocycles. The van der Waals surface area contributed by atoms with Gasteiger partial charge >= 0.3 is 7.25 Å². The van der Waals surface area contributed by atoms with Gasteiger partial charge in [-0.15, -0.1) is 0 Å². The van der Waals surface area contributed by atoms with Crippen molar-refractivity contribution < 1.29 is 21.7 Å². The zero-order chi connectivity index (χ0) is 13.9. The molecule has 4 rings (SSSR count). The number of quaternary nitrogens is 1. The topological polar surface area (TPSA) is 15.3 Å². The lowest BCUT2D eigenvalue weighted by atomic mass is 10.1. The number of piperazine rings is 3. The molecule has 4 aliphatic rings. The summed E-state index contributed by atoms with van der Waals surface area (Å²) in [6.45, 7) is 11.0. The Hall–Kier alpha value is -0.335. The number of nitrogens with zero attached hydrogens (tertiary/aromatic N) is 2. The molecule has 0 unspecified atom stereocenters. The fraction of sp³-hybridized carbons (Fsp3) is 1.00. The Labute approximate surface area is 111 Å². The Balaban J connectivity index is 0.000000232. The third-order valence-corrected chi connectivity index (χ3v) is 4.44. The third-order valence-electron chi connectivity index (χ3n) is 4.44. The van der Waals surface area contributed by atoms with Gasteiger partial charge < -0.3 is 27.1 Å². The van der Waals surface area contributed by atoms with E-state index in [9.17, 15) is 17.3 Å². The molecule has 0 aromatic carbocycles. The molecule has 0 spiro atoms. The number of nitrogens with one attached hydrogen (secondary N) is 1. The third kappa shape index (κ3) is 4.93. The molecule has 0 aromatic rings. The van der Waals surface area contributed by atoms with Crippen LogP contribution in [-0.4, -0.2) is 75.0 Å². The summed E-state index contributed by atoms with van der Waals surface area (Å²) in [4.78, 5) is 2.63. The molecule has 8 heteroatoms.